The molecule has 6 nitrogen and oxygen atoms in total. The third-order valence-electron chi connectivity index (χ3n) is 4.25. The van der Waals surface area contributed by atoms with Crippen LogP contribution >= 0.6 is 11.6 Å². The van der Waals surface area contributed by atoms with Crippen molar-refractivity contribution < 1.29 is 14.3 Å². The van der Waals surface area contributed by atoms with E-state index in [4.69, 9.17) is 21.1 Å². The van der Waals surface area contributed by atoms with Crippen molar-refractivity contribution in [1.82, 2.24) is 9.78 Å². The third-order valence-corrected chi connectivity index (χ3v) is 4.65. The Kier molecular flexibility index (Phi) is 6.40. The molecule has 1 N–H and O–H groups in total. The zero-order valence-electron chi connectivity index (χ0n) is 15.6. The summed E-state index contributed by atoms with van der Waals surface area (Å²) in [6.45, 7) is 6.01. The summed E-state index contributed by atoms with van der Waals surface area (Å²) >= 11 is 6.39. The Morgan fingerprint density at radius 3 is 2.89 bits per heavy atom. The molecule has 1 aliphatic heterocycles. The fourth-order valence-corrected chi connectivity index (χ4v) is 3.12. The first-order valence-corrected chi connectivity index (χ1v) is 9.58. The molecule has 3 rings (SSSR count). The second-order valence-electron chi connectivity index (χ2n) is 6.40. The van der Waals surface area contributed by atoms with Crippen LogP contribution in [-0.4, -0.2) is 28.9 Å². The van der Waals surface area contributed by atoms with E-state index >= 15 is 0 Å². The Morgan fingerprint density at radius 1 is 1.33 bits per heavy atom. The SMILES string of the molecule is CCCCn1nc(C)c(/C=C/C(=O)Nc2ccc3c(c2)OCCCO3)c1Cl. The van der Waals surface area contributed by atoms with Gasteiger partial charge in [0.25, 0.3) is 0 Å². The number of ether oxygens (including phenoxy) is 2. The van der Waals surface area contributed by atoms with Gasteiger partial charge < -0.3 is 14.8 Å². The first-order valence-electron chi connectivity index (χ1n) is 9.20. The highest BCUT2D eigenvalue weighted by atomic mass is 35.5. The van der Waals surface area contributed by atoms with E-state index in [1.165, 1.54) is 6.08 Å². The molecular weight excluding hydrogens is 366 g/mol. The number of carbonyl (C=O) groups excluding carboxylic acids is 1. The average molecular weight is 390 g/mol. The zero-order chi connectivity index (χ0) is 19.2. The van der Waals surface area contributed by atoms with E-state index in [9.17, 15) is 4.79 Å². The first-order chi connectivity index (χ1) is 13.1. The number of amides is 1. The minimum absolute atomic E-state index is 0.249. The van der Waals surface area contributed by atoms with Crippen molar-refractivity contribution in [2.45, 2.75) is 39.7 Å². The van der Waals surface area contributed by atoms with E-state index < -0.39 is 0 Å². The number of fused-ring (bicyclic) bond motifs is 1. The number of hydrogen-bond acceptors (Lipinski definition) is 4. The summed E-state index contributed by atoms with van der Waals surface area (Å²) in [5, 5.41) is 7.83. The lowest BCUT2D eigenvalue weighted by Gasteiger charge is -2.09. The summed E-state index contributed by atoms with van der Waals surface area (Å²) < 4.78 is 13.0. The molecular formula is C20H24ClN3O3. The number of nitrogens with zero attached hydrogens (tertiary/aromatic N) is 2. The van der Waals surface area contributed by atoms with Gasteiger partial charge in [-0.1, -0.05) is 24.9 Å². The molecule has 144 valence electrons. The van der Waals surface area contributed by atoms with Crippen LogP contribution in [0.4, 0.5) is 5.69 Å². The van der Waals surface area contributed by atoms with Gasteiger partial charge in [-0.15, -0.1) is 0 Å². The molecule has 2 heterocycles. The highest BCUT2D eigenvalue weighted by molar-refractivity contribution is 6.31. The van der Waals surface area contributed by atoms with Crippen LogP contribution in [-0.2, 0) is 11.3 Å². The van der Waals surface area contributed by atoms with Crippen LogP contribution in [0.25, 0.3) is 6.08 Å². The van der Waals surface area contributed by atoms with Gasteiger partial charge in [-0.05, 0) is 31.6 Å². The standard InChI is InChI=1S/C20H24ClN3O3/c1-3-4-10-24-20(21)16(14(2)23-24)7-9-19(25)22-15-6-8-17-18(13-15)27-12-5-11-26-17/h6-9,13H,3-5,10-12H2,1-2H3,(H,22,25)/b9-7+. The normalized spacial score (nSPS) is 13.6. The topological polar surface area (TPSA) is 65.4 Å². The van der Waals surface area contributed by atoms with Crippen molar-refractivity contribution >= 4 is 29.3 Å². The Labute approximate surface area is 164 Å². The Bertz CT molecular complexity index is 845. The van der Waals surface area contributed by atoms with Crippen LogP contribution in [0.5, 0.6) is 11.5 Å². The molecule has 7 heteroatoms. The Morgan fingerprint density at radius 2 is 2.11 bits per heavy atom. The molecule has 1 aliphatic rings. The van der Waals surface area contributed by atoms with E-state index in [0.717, 1.165) is 37.1 Å². The number of halogens is 1. The summed E-state index contributed by atoms with van der Waals surface area (Å²) in [5.41, 5.74) is 2.22. The Balaban J connectivity index is 1.67. The fourth-order valence-electron chi connectivity index (χ4n) is 2.80. The third kappa shape index (κ3) is 4.83. The van der Waals surface area contributed by atoms with Gasteiger partial charge in [0.2, 0.25) is 5.91 Å². The number of aromatic nitrogens is 2. The number of hydrogen-bond donors (Lipinski definition) is 1. The van der Waals surface area contributed by atoms with Crippen molar-refractivity contribution in [2.75, 3.05) is 18.5 Å². The predicted molar refractivity (Wildman–Crippen MR) is 107 cm³/mol. The molecule has 27 heavy (non-hydrogen) atoms. The van der Waals surface area contributed by atoms with Gasteiger partial charge in [-0.3, -0.25) is 9.48 Å². The maximum Gasteiger partial charge on any atom is 0.248 e. The lowest BCUT2D eigenvalue weighted by atomic mass is 10.2. The van der Waals surface area contributed by atoms with Crippen molar-refractivity contribution in [3.8, 4) is 11.5 Å². The Hall–Kier alpha value is -2.47. The lowest BCUT2D eigenvalue weighted by molar-refractivity contribution is -0.111. The molecule has 0 spiro atoms. The summed E-state index contributed by atoms with van der Waals surface area (Å²) in [6.07, 6.45) is 6.08. The molecule has 1 amide bonds. The minimum Gasteiger partial charge on any atom is -0.490 e. The van der Waals surface area contributed by atoms with Crippen LogP contribution in [0.1, 0.15) is 37.4 Å². The van der Waals surface area contributed by atoms with Gasteiger partial charge in [0, 0.05) is 36.4 Å². The van der Waals surface area contributed by atoms with Crippen LogP contribution in [0.15, 0.2) is 24.3 Å². The minimum atomic E-state index is -0.249. The number of anilines is 1. The molecule has 1 aromatic carbocycles. The van der Waals surface area contributed by atoms with E-state index in [1.54, 1.807) is 29.0 Å². The smallest absolute Gasteiger partial charge is 0.248 e. The summed E-state index contributed by atoms with van der Waals surface area (Å²) in [5.74, 6) is 1.09. The molecule has 0 fully saturated rings. The van der Waals surface area contributed by atoms with Crippen LogP contribution in [0, 0.1) is 6.92 Å². The number of nitrogens with one attached hydrogen (secondary N) is 1. The molecule has 0 aliphatic carbocycles. The quantitative estimate of drug-likeness (QED) is 0.741. The van der Waals surface area contributed by atoms with Crippen molar-refractivity contribution in [2.24, 2.45) is 0 Å². The number of benzene rings is 1. The second-order valence-corrected chi connectivity index (χ2v) is 6.76. The van der Waals surface area contributed by atoms with Crippen LogP contribution in [0.3, 0.4) is 0 Å². The maximum absolute atomic E-state index is 12.3. The molecule has 0 radical (unpaired) electrons. The monoisotopic (exact) mass is 389 g/mol. The molecule has 2 aromatic rings. The highest BCUT2D eigenvalue weighted by Gasteiger charge is 2.13. The summed E-state index contributed by atoms with van der Waals surface area (Å²) in [4.78, 5) is 12.3. The van der Waals surface area contributed by atoms with Crippen LogP contribution < -0.4 is 14.8 Å². The zero-order valence-corrected chi connectivity index (χ0v) is 16.4. The van der Waals surface area contributed by atoms with Gasteiger partial charge in [0.1, 0.15) is 5.15 Å². The van der Waals surface area contributed by atoms with Crippen LogP contribution in [0.2, 0.25) is 5.15 Å². The molecule has 0 atom stereocenters. The van der Waals surface area contributed by atoms with E-state index in [1.807, 2.05) is 6.92 Å². The molecule has 1 aromatic heterocycles. The molecule has 0 saturated carbocycles. The summed E-state index contributed by atoms with van der Waals surface area (Å²) in [7, 11) is 0. The lowest BCUT2D eigenvalue weighted by Crippen LogP contribution is -2.08. The van der Waals surface area contributed by atoms with Crippen molar-refractivity contribution in [3.05, 3.63) is 40.7 Å². The van der Waals surface area contributed by atoms with Gasteiger partial charge in [-0.25, -0.2) is 0 Å². The first kappa shape index (κ1) is 19.3. The number of carbonyl (C=O) groups is 1. The van der Waals surface area contributed by atoms with Gasteiger partial charge >= 0.3 is 0 Å². The number of unbranched alkanes of at least 4 members (excludes halogenated alkanes) is 1. The highest BCUT2D eigenvalue weighted by Crippen LogP contribution is 2.32. The number of rotatable bonds is 6. The van der Waals surface area contributed by atoms with E-state index in [-0.39, 0.29) is 5.91 Å². The van der Waals surface area contributed by atoms with E-state index in [2.05, 4.69) is 17.3 Å². The van der Waals surface area contributed by atoms with Gasteiger partial charge in [-0.2, -0.15) is 5.10 Å². The van der Waals surface area contributed by atoms with Crippen molar-refractivity contribution in [3.63, 3.8) is 0 Å². The van der Waals surface area contributed by atoms with Gasteiger partial charge in [0.15, 0.2) is 11.5 Å². The van der Waals surface area contributed by atoms with E-state index in [0.29, 0.717) is 35.6 Å². The molecule has 0 unspecified atom stereocenters. The maximum atomic E-state index is 12.3. The predicted octanol–water partition coefficient (Wildman–Crippen LogP) is 4.46. The number of aryl methyl sites for hydroxylation is 2. The largest absolute Gasteiger partial charge is 0.490 e. The van der Waals surface area contributed by atoms with Gasteiger partial charge in [0.05, 0.1) is 18.9 Å². The second kappa shape index (κ2) is 8.95. The molecule has 0 bridgehead atoms. The molecule has 0 saturated heterocycles. The average Bonchev–Trinajstić information content (AvgIpc) is 2.81. The summed E-state index contributed by atoms with van der Waals surface area (Å²) in [6, 6.07) is 5.37. The fraction of sp³-hybridized carbons (Fsp3) is 0.400. The van der Waals surface area contributed by atoms with Crippen molar-refractivity contribution in [1.29, 1.82) is 0 Å².